The Kier molecular flexibility index (Phi) is 6.56. The van der Waals surface area contributed by atoms with Gasteiger partial charge in [0, 0.05) is 6.54 Å². The topological polar surface area (TPSA) is 66.9 Å². The molecule has 1 amide bonds. The van der Waals surface area contributed by atoms with Crippen LogP contribution in [0, 0.1) is 5.82 Å². The number of rotatable bonds is 8. The second-order valence-corrected chi connectivity index (χ2v) is 7.55. The Morgan fingerprint density at radius 1 is 1.08 bits per heavy atom. The molecule has 0 bridgehead atoms. The van der Waals surface area contributed by atoms with Crippen molar-refractivity contribution in [3.05, 3.63) is 66.0 Å². The maximum Gasteiger partial charge on any atom is 0.230 e. The van der Waals surface area contributed by atoms with E-state index in [4.69, 9.17) is 0 Å². The summed E-state index contributed by atoms with van der Waals surface area (Å²) in [4.78, 5) is 11.9. The summed E-state index contributed by atoms with van der Waals surface area (Å²) in [6.45, 7) is 0.597. The van der Waals surface area contributed by atoms with Crippen molar-refractivity contribution in [1.29, 1.82) is 0 Å². The van der Waals surface area contributed by atoms with E-state index < -0.39 is 0 Å². The number of nitrogens with one attached hydrogen (secondary N) is 2. The monoisotopic (exact) mass is 388 g/mol. The molecule has 8 heteroatoms. The van der Waals surface area contributed by atoms with Crippen molar-refractivity contribution < 1.29 is 9.18 Å². The van der Waals surface area contributed by atoms with Gasteiger partial charge in [-0.3, -0.25) is 4.79 Å². The molecule has 0 aliphatic rings. The summed E-state index contributed by atoms with van der Waals surface area (Å²) in [5.74, 6) is -0.136. The number of nitrogens with zero attached hydrogens (tertiary/aromatic N) is 2. The number of anilines is 2. The average molecular weight is 388 g/mol. The van der Waals surface area contributed by atoms with Crippen LogP contribution in [0.2, 0.25) is 0 Å². The fourth-order valence-electron chi connectivity index (χ4n) is 2.17. The molecule has 134 valence electrons. The first-order valence-electron chi connectivity index (χ1n) is 7.99. The average Bonchev–Trinajstić information content (AvgIpc) is 3.10. The first-order valence-corrected chi connectivity index (χ1v) is 9.79. The smallest absolute Gasteiger partial charge is 0.230 e. The molecule has 0 unspecified atom stereocenters. The lowest BCUT2D eigenvalue weighted by Gasteiger charge is -2.04. The molecule has 0 atom stereocenters. The number of thioether (sulfide) groups is 1. The molecule has 1 aromatic heterocycles. The first-order chi connectivity index (χ1) is 12.7. The molecule has 2 aromatic carbocycles. The van der Waals surface area contributed by atoms with Gasteiger partial charge in [-0.1, -0.05) is 65.6 Å². The van der Waals surface area contributed by atoms with E-state index in [2.05, 4.69) is 20.8 Å². The second kappa shape index (κ2) is 9.30. The molecule has 0 spiro atoms. The zero-order valence-corrected chi connectivity index (χ0v) is 15.4. The number of halogens is 1. The van der Waals surface area contributed by atoms with Gasteiger partial charge in [-0.15, -0.1) is 10.2 Å². The third-order valence-corrected chi connectivity index (χ3v) is 5.40. The van der Waals surface area contributed by atoms with Gasteiger partial charge in [0.05, 0.1) is 11.4 Å². The van der Waals surface area contributed by atoms with Crippen LogP contribution in [0.25, 0.3) is 0 Å². The van der Waals surface area contributed by atoms with Gasteiger partial charge in [-0.2, -0.15) is 0 Å². The van der Waals surface area contributed by atoms with Crippen LogP contribution in [0.4, 0.5) is 15.2 Å². The van der Waals surface area contributed by atoms with E-state index in [-0.39, 0.29) is 17.5 Å². The van der Waals surface area contributed by atoms with E-state index >= 15 is 0 Å². The van der Waals surface area contributed by atoms with Gasteiger partial charge in [-0.25, -0.2) is 4.39 Å². The molecular weight excluding hydrogens is 371 g/mol. The Morgan fingerprint density at radius 2 is 1.85 bits per heavy atom. The molecule has 3 aromatic rings. The van der Waals surface area contributed by atoms with Gasteiger partial charge in [0.15, 0.2) is 4.34 Å². The summed E-state index contributed by atoms with van der Waals surface area (Å²) >= 11 is 2.59. The van der Waals surface area contributed by atoms with E-state index in [0.29, 0.717) is 21.7 Å². The number of hydrogen-bond acceptors (Lipinski definition) is 6. The lowest BCUT2D eigenvalue weighted by atomic mass is 10.1. The Morgan fingerprint density at radius 3 is 2.65 bits per heavy atom. The minimum Gasteiger partial charge on any atom is -0.355 e. The van der Waals surface area contributed by atoms with Gasteiger partial charge < -0.3 is 10.6 Å². The predicted octanol–water partition coefficient (Wildman–Crippen LogP) is 3.87. The van der Waals surface area contributed by atoms with Crippen molar-refractivity contribution in [2.45, 2.75) is 10.8 Å². The van der Waals surface area contributed by atoms with E-state index in [1.807, 2.05) is 30.3 Å². The molecule has 0 aliphatic carbocycles. The number of carbonyl (C=O) groups is 1. The van der Waals surface area contributed by atoms with E-state index in [0.717, 1.165) is 6.42 Å². The van der Waals surface area contributed by atoms with E-state index in [1.165, 1.54) is 34.7 Å². The summed E-state index contributed by atoms with van der Waals surface area (Å²) in [6, 6.07) is 16.4. The third-order valence-electron chi connectivity index (χ3n) is 3.43. The molecular formula is C18H17FN4OS2. The van der Waals surface area contributed by atoms with Crippen LogP contribution < -0.4 is 10.6 Å². The SMILES string of the molecule is O=C(CSc1nnc(Nc2ccccc2F)s1)NCCc1ccccc1. The van der Waals surface area contributed by atoms with Crippen LogP contribution in [0.15, 0.2) is 58.9 Å². The zero-order chi connectivity index (χ0) is 18.2. The van der Waals surface area contributed by atoms with Gasteiger partial charge in [0.25, 0.3) is 0 Å². The summed E-state index contributed by atoms with van der Waals surface area (Å²) < 4.78 is 14.3. The van der Waals surface area contributed by atoms with Crippen LogP contribution in [0.5, 0.6) is 0 Å². The number of para-hydroxylation sites is 1. The van der Waals surface area contributed by atoms with Crippen molar-refractivity contribution in [3.8, 4) is 0 Å². The highest BCUT2D eigenvalue weighted by Crippen LogP contribution is 2.28. The van der Waals surface area contributed by atoms with Crippen LogP contribution in [-0.4, -0.2) is 28.4 Å². The maximum absolute atomic E-state index is 13.6. The summed E-state index contributed by atoms with van der Waals surface area (Å²) in [5, 5.41) is 14.2. The molecule has 1 heterocycles. The Hall–Kier alpha value is -2.45. The van der Waals surface area contributed by atoms with Crippen molar-refractivity contribution in [2.75, 3.05) is 17.6 Å². The highest BCUT2D eigenvalue weighted by atomic mass is 32.2. The number of benzene rings is 2. The lowest BCUT2D eigenvalue weighted by molar-refractivity contribution is -0.118. The number of aromatic nitrogens is 2. The van der Waals surface area contributed by atoms with Crippen LogP contribution in [0.1, 0.15) is 5.56 Å². The minimum atomic E-state index is -0.352. The highest BCUT2D eigenvalue weighted by molar-refractivity contribution is 8.01. The fourth-order valence-corrected chi connectivity index (χ4v) is 3.76. The van der Waals surface area contributed by atoms with Crippen molar-refractivity contribution >= 4 is 39.8 Å². The van der Waals surface area contributed by atoms with Crippen LogP contribution in [0.3, 0.4) is 0 Å². The first kappa shape index (κ1) is 18.3. The van der Waals surface area contributed by atoms with E-state index in [1.54, 1.807) is 18.2 Å². The molecule has 0 saturated carbocycles. The lowest BCUT2D eigenvalue weighted by Crippen LogP contribution is -2.27. The fraction of sp³-hybridized carbons (Fsp3) is 0.167. The molecule has 5 nitrogen and oxygen atoms in total. The third kappa shape index (κ3) is 5.53. The molecule has 0 fully saturated rings. The molecule has 26 heavy (non-hydrogen) atoms. The molecule has 2 N–H and O–H groups in total. The minimum absolute atomic E-state index is 0.0512. The van der Waals surface area contributed by atoms with Crippen LogP contribution in [-0.2, 0) is 11.2 Å². The van der Waals surface area contributed by atoms with Gasteiger partial charge in [0.2, 0.25) is 11.0 Å². The van der Waals surface area contributed by atoms with Gasteiger partial charge >= 0.3 is 0 Å². The highest BCUT2D eigenvalue weighted by Gasteiger charge is 2.09. The number of amides is 1. The van der Waals surface area contributed by atoms with Gasteiger partial charge in [0.1, 0.15) is 5.82 Å². The van der Waals surface area contributed by atoms with Gasteiger partial charge in [-0.05, 0) is 24.1 Å². The normalized spacial score (nSPS) is 10.5. The Labute approximate surface area is 159 Å². The summed E-state index contributed by atoms with van der Waals surface area (Å²) in [5.41, 5.74) is 1.53. The van der Waals surface area contributed by atoms with E-state index in [9.17, 15) is 9.18 Å². The van der Waals surface area contributed by atoms with Crippen molar-refractivity contribution in [2.24, 2.45) is 0 Å². The summed E-state index contributed by atoms with van der Waals surface area (Å²) in [6.07, 6.45) is 0.798. The van der Waals surface area contributed by atoms with Crippen molar-refractivity contribution in [3.63, 3.8) is 0 Å². The Bertz CT molecular complexity index is 857. The quantitative estimate of drug-likeness (QED) is 0.574. The largest absolute Gasteiger partial charge is 0.355 e. The molecule has 0 saturated heterocycles. The second-order valence-electron chi connectivity index (χ2n) is 5.35. The molecule has 0 aliphatic heterocycles. The van der Waals surface area contributed by atoms with Crippen molar-refractivity contribution in [1.82, 2.24) is 15.5 Å². The standard InChI is InChI=1S/C18H17FN4OS2/c19-14-8-4-5-9-15(14)21-17-22-23-18(26-17)25-12-16(24)20-11-10-13-6-2-1-3-7-13/h1-9H,10-12H2,(H,20,24)(H,21,22). The predicted molar refractivity (Wildman–Crippen MR) is 103 cm³/mol. The number of carbonyl (C=O) groups excluding carboxylic acids is 1. The Balaban J connectivity index is 1.41. The zero-order valence-electron chi connectivity index (χ0n) is 13.8. The molecule has 3 rings (SSSR count). The summed E-state index contributed by atoms with van der Waals surface area (Å²) in [7, 11) is 0. The number of hydrogen-bond donors (Lipinski definition) is 2. The van der Waals surface area contributed by atoms with Crippen LogP contribution >= 0.6 is 23.1 Å². The maximum atomic E-state index is 13.6. The molecule has 0 radical (unpaired) electrons.